The van der Waals surface area contributed by atoms with Crippen molar-refractivity contribution in [1.82, 2.24) is 4.57 Å². The van der Waals surface area contributed by atoms with Gasteiger partial charge in [0.2, 0.25) is 0 Å². The topological polar surface area (TPSA) is 4.93 Å². The third-order valence-corrected chi connectivity index (χ3v) is 8.78. The standard InChI is InChI=1S/C42H45N/c1-40(2,3)30-25-29(26-31(27-30)41(4,5)6)34-23-24-36-38(39(34)42(7,8)9)37-33(28-17-12-10-13-18-28)21-16-22-35(37)43(36)32-19-14-11-15-20-32/h10-27H,1-9H3. The van der Waals surface area contributed by atoms with Crippen LogP contribution in [-0.2, 0) is 16.2 Å². The quantitative estimate of drug-likeness (QED) is 0.202. The lowest BCUT2D eigenvalue weighted by atomic mass is 9.75. The van der Waals surface area contributed by atoms with Crippen molar-refractivity contribution >= 4 is 21.8 Å². The van der Waals surface area contributed by atoms with Gasteiger partial charge < -0.3 is 4.57 Å². The van der Waals surface area contributed by atoms with Gasteiger partial charge in [0.15, 0.2) is 0 Å². The van der Waals surface area contributed by atoms with E-state index in [1.807, 2.05) is 0 Å². The van der Waals surface area contributed by atoms with Crippen LogP contribution in [0.5, 0.6) is 0 Å². The molecule has 1 aromatic heterocycles. The normalized spacial score (nSPS) is 12.8. The van der Waals surface area contributed by atoms with Crippen LogP contribution in [0.3, 0.4) is 0 Å². The Morgan fingerprint density at radius 1 is 0.419 bits per heavy atom. The lowest BCUT2D eigenvalue weighted by Crippen LogP contribution is -2.17. The van der Waals surface area contributed by atoms with Gasteiger partial charge in [-0.3, -0.25) is 0 Å². The van der Waals surface area contributed by atoms with Crippen LogP contribution in [-0.4, -0.2) is 4.57 Å². The smallest absolute Gasteiger partial charge is 0.0547 e. The molecule has 0 spiro atoms. The highest BCUT2D eigenvalue weighted by molar-refractivity contribution is 6.18. The molecule has 0 unspecified atom stereocenters. The van der Waals surface area contributed by atoms with Crippen LogP contribution in [0.2, 0.25) is 0 Å². The van der Waals surface area contributed by atoms with Gasteiger partial charge in [-0.1, -0.05) is 147 Å². The van der Waals surface area contributed by atoms with E-state index in [9.17, 15) is 0 Å². The second-order valence-corrected chi connectivity index (χ2v) is 15.2. The molecular weight excluding hydrogens is 518 g/mol. The highest BCUT2D eigenvalue weighted by Gasteiger charge is 2.29. The van der Waals surface area contributed by atoms with Gasteiger partial charge in [-0.05, 0) is 79.5 Å². The molecule has 0 fully saturated rings. The molecule has 1 nitrogen and oxygen atoms in total. The average Bonchev–Trinajstić information content (AvgIpc) is 3.30. The highest BCUT2D eigenvalue weighted by atomic mass is 15.0. The van der Waals surface area contributed by atoms with Gasteiger partial charge in [0, 0.05) is 16.5 Å². The van der Waals surface area contributed by atoms with Gasteiger partial charge in [-0.2, -0.15) is 0 Å². The van der Waals surface area contributed by atoms with E-state index in [1.54, 1.807) is 0 Å². The first-order valence-electron chi connectivity index (χ1n) is 15.6. The molecule has 0 atom stereocenters. The summed E-state index contributed by atoms with van der Waals surface area (Å²) in [5.74, 6) is 0. The summed E-state index contributed by atoms with van der Waals surface area (Å²) < 4.78 is 2.46. The van der Waals surface area contributed by atoms with Crippen molar-refractivity contribution in [2.24, 2.45) is 0 Å². The minimum atomic E-state index is -0.103. The van der Waals surface area contributed by atoms with E-state index in [-0.39, 0.29) is 16.2 Å². The number of rotatable bonds is 3. The molecular formula is C42H45N. The molecule has 0 radical (unpaired) electrons. The zero-order valence-electron chi connectivity index (χ0n) is 27.3. The molecule has 6 aromatic rings. The number of benzene rings is 5. The van der Waals surface area contributed by atoms with Crippen molar-refractivity contribution in [1.29, 1.82) is 0 Å². The van der Waals surface area contributed by atoms with E-state index < -0.39 is 0 Å². The van der Waals surface area contributed by atoms with Crippen molar-refractivity contribution in [3.8, 4) is 27.9 Å². The molecule has 43 heavy (non-hydrogen) atoms. The van der Waals surface area contributed by atoms with E-state index >= 15 is 0 Å². The maximum absolute atomic E-state index is 2.46. The molecule has 1 heterocycles. The van der Waals surface area contributed by atoms with E-state index in [2.05, 4.69) is 176 Å². The molecule has 0 amide bonds. The van der Waals surface area contributed by atoms with Crippen LogP contribution in [0.25, 0.3) is 49.7 Å². The van der Waals surface area contributed by atoms with E-state index in [4.69, 9.17) is 0 Å². The van der Waals surface area contributed by atoms with Crippen molar-refractivity contribution in [2.75, 3.05) is 0 Å². The molecule has 0 aliphatic rings. The Labute approximate surface area is 258 Å². The lowest BCUT2D eigenvalue weighted by Gasteiger charge is -2.29. The summed E-state index contributed by atoms with van der Waals surface area (Å²) in [6.45, 7) is 21.1. The zero-order chi connectivity index (χ0) is 30.7. The number of fused-ring (bicyclic) bond motifs is 3. The number of aromatic nitrogens is 1. The molecule has 6 rings (SSSR count). The van der Waals surface area contributed by atoms with Gasteiger partial charge in [0.1, 0.15) is 0 Å². The fourth-order valence-corrected chi connectivity index (χ4v) is 6.53. The number of hydrogen-bond acceptors (Lipinski definition) is 0. The van der Waals surface area contributed by atoms with Gasteiger partial charge in [-0.25, -0.2) is 0 Å². The Balaban J connectivity index is 1.82. The van der Waals surface area contributed by atoms with Crippen molar-refractivity contribution < 1.29 is 0 Å². The van der Waals surface area contributed by atoms with Crippen molar-refractivity contribution in [3.05, 3.63) is 126 Å². The van der Waals surface area contributed by atoms with E-state index in [0.29, 0.717) is 0 Å². The van der Waals surface area contributed by atoms with Crippen LogP contribution >= 0.6 is 0 Å². The fraction of sp³-hybridized carbons (Fsp3) is 0.286. The van der Waals surface area contributed by atoms with Crippen molar-refractivity contribution in [3.63, 3.8) is 0 Å². The average molecular weight is 564 g/mol. The maximum atomic E-state index is 2.46. The van der Waals surface area contributed by atoms with Gasteiger partial charge >= 0.3 is 0 Å². The minimum absolute atomic E-state index is 0.0474. The predicted molar refractivity (Wildman–Crippen MR) is 188 cm³/mol. The summed E-state index contributed by atoms with van der Waals surface area (Å²) in [4.78, 5) is 0. The maximum Gasteiger partial charge on any atom is 0.0547 e. The third-order valence-electron chi connectivity index (χ3n) is 8.78. The van der Waals surface area contributed by atoms with Gasteiger partial charge in [0.25, 0.3) is 0 Å². The first-order chi connectivity index (χ1) is 20.2. The molecule has 0 saturated heterocycles. The second-order valence-electron chi connectivity index (χ2n) is 15.2. The first-order valence-corrected chi connectivity index (χ1v) is 15.6. The molecule has 0 aliphatic heterocycles. The molecule has 0 saturated carbocycles. The Morgan fingerprint density at radius 3 is 1.53 bits per heavy atom. The van der Waals surface area contributed by atoms with Crippen LogP contribution < -0.4 is 0 Å². The molecule has 1 heteroatoms. The van der Waals surface area contributed by atoms with Gasteiger partial charge in [-0.15, -0.1) is 0 Å². The van der Waals surface area contributed by atoms with Crippen molar-refractivity contribution in [2.45, 2.75) is 78.6 Å². The second kappa shape index (κ2) is 10.3. The lowest BCUT2D eigenvalue weighted by molar-refractivity contribution is 0.568. The number of para-hydroxylation sites is 1. The number of hydrogen-bond donors (Lipinski definition) is 0. The Morgan fingerprint density at radius 2 is 0.977 bits per heavy atom. The Hall–Kier alpha value is -4.10. The minimum Gasteiger partial charge on any atom is -0.309 e. The first kappa shape index (κ1) is 29.0. The predicted octanol–water partition coefficient (Wildman–Crippen LogP) is 12.0. The summed E-state index contributed by atoms with van der Waals surface area (Å²) in [5, 5.41) is 2.67. The summed E-state index contributed by atoms with van der Waals surface area (Å²) in [7, 11) is 0. The molecule has 0 bridgehead atoms. The number of nitrogens with zero attached hydrogens (tertiary/aromatic N) is 1. The molecule has 218 valence electrons. The molecule has 0 aliphatic carbocycles. The largest absolute Gasteiger partial charge is 0.309 e. The monoisotopic (exact) mass is 563 g/mol. The fourth-order valence-electron chi connectivity index (χ4n) is 6.53. The van der Waals surface area contributed by atoms with Gasteiger partial charge in [0.05, 0.1) is 11.0 Å². The Bertz CT molecular complexity index is 1900. The Kier molecular flexibility index (Phi) is 6.92. The van der Waals surface area contributed by atoms with Crippen LogP contribution in [0, 0.1) is 0 Å². The summed E-state index contributed by atoms with van der Waals surface area (Å²) in [5.41, 5.74) is 13.0. The zero-order valence-corrected chi connectivity index (χ0v) is 27.3. The van der Waals surface area contributed by atoms with E-state index in [1.165, 1.54) is 66.4 Å². The summed E-state index contributed by atoms with van der Waals surface area (Å²) in [6, 6.07) is 40.6. The van der Waals surface area contributed by atoms with E-state index in [0.717, 1.165) is 0 Å². The van der Waals surface area contributed by atoms with Crippen LogP contribution in [0.4, 0.5) is 0 Å². The van der Waals surface area contributed by atoms with Crippen LogP contribution in [0.15, 0.2) is 109 Å². The summed E-state index contributed by atoms with van der Waals surface area (Å²) >= 11 is 0. The SMILES string of the molecule is CC(C)(C)c1cc(-c2ccc3c(c2C(C)(C)C)c2c(-c4ccccc4)cccc2n3-c2ccccc2)cc(C(C)(C)C)c1. The summed E-state index contributed by atoms with van der Waals surface area (Å²) in [6.07, 6.45) is 0. The third kappa shape index (κ3) is 5.20. The van der Waals surface area contributed by atoms with Crippen LogP contribution in [0.1, 0.15) is 79.0 Å². The molecule has 5 aromatic carbocycles. The highest BCUT2D eigenvalue weighted by Crippen LogP contribution is 2.47. The molecule has 0 N–H and O–H groups in total.